The zero-order valence-electron chi connectivity index (χ0n) is 15.3. The van der Waals surface area contributed by atoms with Gasteiger partial charge in [-0.25, -0.2) is 13.1 Å². The first-order valence-electron chi connectivity index (χ1n) is 8.61. The maximum Gasteiger partial charge on any atom is 0.209 e. The van der Waals surface area contributed by atoms with Gasteiger partial charge in [0.2, 0.25) is 10.0 Å². The summed E-state index contributed by atoms with van der Waals surface area (Å²) in [6.45, 7) is 7.11. The summed E-state index contributed by atoms with van der Waals surface area (Å²) >= 11 is 1.52. The van der Waals surface area contributed by atoms with E-state index in [1.807, 2.05) is 0 Å². The third kappa shape index (κ3) is 4.46. The molecular weight excluding hydrogens is 372 g/mol. The molecule has 26 heavy (non-hydrogen) atoms. The molecule has 1 aliphatic carbocycles. The van der Waals surface area contributed by atoms with Crippen molar-refractivity contribution in [3.8, 4) is 11.8 Å². The fourth-order valence-corrected chi connectivity index (χ4v) is 4.92. The lowest BCUT2D eigenvalue weighted by atomic mass is 9.75. The number of fused-ring (bicyclic) bond motifs is 1. The molecule has 0 spiro atoms. The number of nitrogens with zero attached hydrogens (tertiary/aromatic N) is 1. The molecule has 0 amide bonds. The van der Waals surface area contributed by atoms with Crippen LogP contribution >= 0.6 is 11.3 Å². The molecule has 1 aromatic rings. The van der Waals surface area contributed by atoms with Crippen LogP contribution in [0.2, 0.25) is 0 Å². The zero-order valence-corrected chi connectivity index (χ0v) is 17.0. The maximum atomic E-state index is 12.6. The Balaban J connectivity index is 1.99. The second kappa shape index (κ2) is 7.31. The molecule has 8 heteroatoms. The number of morpholine rings is 1. The minimum Gasteiger partial charge on any atom is -0.378 e. The van der Waals surface area contributed by atoms with Crippen LogP contribution in [-0.4, -0.2) is 53.3 Å². The number of rotatable bonds is 3. The molecule has 1 fully saturated rings. The Morgan fingerprint density at radius 2 is 1.96 bits per heavy atom. The summed E-state index contributed by atoms with van der Waals surface area (Å²) < 4.78 is 30.3. The van der Waals surface area contributed by atoms with E-state index in [2.05, 4.69) is 35.3 Å². The first kappa shape index (κ1) is 19.4. The molecule has 2 heterocycles. The van der Waals surface area contributed by atoms with E-state index in [1.54, 1.807) is 0 Å². The molecule has 0 aromatic carbocycles. The number of hydrogen-bond donors (Lipinski definition) is 1. The van der Waals surface area contributed by atoms with Gasteiger partial charge in [-0.15, -0.1) is 11.3 Å². The van der Waals surface area contributed by atoms with E-state index in [-0.39, 0.29) is 17.7 Å². The van der Waals surface area contributed by atoms with Gasteiger partial charge in [0.15, 0.2) is 5.78 Å². The molecule has 1 saturated heterocycles. The molecular formula is C18H24N2O4S2. The quantitative estimate of drug-likeness (QED) is 0.786. The third-order valence-corrected chi connectivity index (χ3v) is 6.47. The molecule has 3 rings (SSSR count). The summed E-state index contributed by atoms with van der Waals surface area (Å²) in [4.78, 5) is 15.7. The number of Topliss-reactive ketones (excluding diaryl/α,β-unsaturated/α-hetero) is 1. The average Bonchev–Trinajstić information content (AvgIpc) is 2.89. The van der Waals surface area contributed by atoms with Crippen LogP contribution in [0.5, 0.6) is 0 Å². The molecule has 0 bridgehead atoms. The predicted octanol–water partition coefficient (Wildman–Crippen LogP) is 1.64. The Kier molecular flexibility index (Phi) is 5.45. The van der Waals surface area contributed by atoms with Crippen molar-refractivity contribution in [3.05, 3.63) is 16.0 Å². The maximum absolute atomic E-state index is 12.6. The number of sulfonamides is 1. The van der Waals surface area contributed by atoms with E-state index >= 15 is 0 Å². The number of hydrogen-bond acceptors (Lipinski definition) is 6. The van der Waals surface area contributed by atoms with E-state index in [1.165, 1.54) is 11.3 Å². The molecule has 1 N–H and O–H groups in total. The van der Waals surface area contributed by atoms with Gasteiger partial charge < -0.3 is 9.64 Å². The highest BCUT2D eigenvalue weighted by Gasteiger charge is 2.36. The summed E-state index contributed by atoms with van der Waals surface area (Å²) in [5, 5.41) is 1.01. The molecule has 0 radical (unpaired) electrons. The molecule has 0 unspecified atom stereocenters. The Morgan fingerprint density at radius 1 is 1.27 bits per heavy atom. The minimum atomic E-state index is -3.27. The van der Waals surface area contributed by atoms with Gasteiger partial charge in [0, 0.05) is 19.5 Å². The fraction of sp³-hybridized carbons (Fsp3) is 0.611. The van der Waals surface area contributed by atoms with Gasteiger partial charge in [-0.1, -0.05) is 25.7 Å². The topological polar surface area (TPSA) is 75.7 Å². The molecule has 2 aliphatic rings. The number of anilines is 1. The van der Waals surface area contributed by atoms with E-state index in [4.69, 9.17) is 4.74 Å². The van der Waals surface area contributed by atoms with Crippen LogP contribution in [0.25, 0.3) is 0 Å². The van der Waals surface area contributed by atoms with Crippen molar-refractivity contribution in [3.63, 3.8) is 0 Å². The lowest BCUT2D eigenvalue weighted by Gasteiger charge is -2.29. The first-order chi connectivity index (χ1) is 12.2. The van der Waals surface area contributed by atoms with Crippen LogP contribution in [0.1, 0.15) is 41.1 Å². The van der Waals surface area contributed by atoms with Crippen molar-refractivity contribution in [2.45, 2.75) is 26.7 Å². The summed E-state index contributed by atoms with van der Waals surface area (Å²) in [5.41, 5.74) is 1.81. The summed E-state index contributed by atoms with van der Waals surface area (Å²) in [6, 6.07) is 0. The summed E-state index contributed by atoms with van der Waals surface area (Å²) in [5.74, 6) is 6.24. The highest BCUT2D eigenvalue weighted by atomic mass is 32.2. The Morgan fingerprint density at radius 3 is 2.62 bits per heavy atom. The van der Waals surface area contributed by atoms with E-state index in [0.717, 1.165) is 46.8 Å². The highest BCUT2D eigenvalue weighted by molar-refractivity contribution is 7.88. The third-order valence-electron chi connectivity index (χ3n) is 4.47. The second-order valence-corrected chi connectivity index (χ2v) is 10.4. The van der Waals surface area contributed by atoms with Crippen LogP contribution in [-0.2, 0) is 21.2 Å². The van der Waals surface area contributed by atoms with Crippen LogP contribution in [0, 0.1) is 17.3 Å². The van der Waals surface area contributed by atoms with Gasteiger partial charge in [0.05, 0.1) is 36.5 Å². The second-order valence-electron chi connectivity index (χ2n) is 7.53. The molecule has 0 atom stereocenters. The Hall–Kier alpha value is -1.40. The van der Waals surface area contributed by atoms with Gasteiger partial charge in [-0.2, -0.15) is 0 Å². The van der Waals surface area contributed by atoms with Crippen molar-refractivity contribution in [1.82, 2.24) is 4.72 Å². The number of carbonyl (C=O) groups excluding carboxylic acids is 1. The molecule has 6 nitrogen and oxygen atoms in total. The standard InChI is InChI=1S/C18H24N2O4S2/c1-18(2)11-14-13(5-4-6-19-26(3,22)23)17(20-7-9-24-10-8-20)25-16(14)15(21)12-18/h19H,6-12H2,1-3H3. The molecule has 0 saturated carbocycles. The van der Waals surface area contributed by atoms with Crippen molar-refractivity contribution >= 4 is 32.1 Å². The van der Waals surface area contributed by atoms with Crippen LogP contribution in [0.4, 0.5) is 5.00 Å². The minimum absolute atomic E-state index is 0.0589. The average molecular weight is 397 g/mol. The Bertz CT molecular complexity index is 869. The highest BCUT2D eigenvalue weighted by Crippen LogP contribution is 2.44. The number of carbonyl (C=O) groups is 1. The van der Waals surface area contributed by atoms with Crippen LogP contribution in [0.3, 0.4) is 0 Å². The van der Waals surface area contributed by atoms with Gasteiger partial charge in [-0.05, 0) is 17.4 Å². The summed E-state index contributed by atoms with van der Waals surface area (Å²) in [6.07, 6.45) is 2.46. The van der Waals surface area contributed by atoms with Crippen molar-refractivity contribution in [2.75, 3.05) is 44.0 Å². The first-order valence-corrected chi connectivity index (χ1v) is 11.3. The van der Waals surface area contributed by atoms with Crippen molar-refractivity contribution in [2.24, 2.45) is 5.41 Å². The van der Waals surface area contributed by atoms with E-state index < -0.39 is 10.0 Å². The number of ketones is 1. The van der Waals surface area contributed by atoms with Gasteiger partial charge in [-0.3, -0.25) is 4.79 Å². The fourth-order valence-electron chi connectivity index (χ4n) is 3.32. The molecule has 1 aromatic heterocycles. The SMILES string of the molecule is CC1(C)CC(=O)c2sc(N3CCOCC3)c(C#CCNS(C)(=O)=O)c2C1. The van der Waals surface area contributed by atoms with Crippen molar-refractivity contribution in [1.29, 1.82) is 0 Å². The van der Waals surface area contributed by atoms with E-state index in [0.29, 0.717) is 19.6 Å². The molecule has 142 valence electrons. The predicted molar refractivity (Wildman–Crippen MR) is 104 cm³/mol. The van der Waals surface area contributed by atoms with Crippen LogP contribution < -0.4 is 9.62 Å². The van der Waals surface area contributed by atoms with Crippen LogP contribution in [0.15, 0.2) is 0 Å². The Labute approximate surface area is 159 Å². The summed E-state index contributed by atoms with van der Waals surface area (Å²) in [7, 11) is -3.27. The van der Waals surface area contributed by atoms with Gasteiger partial charge in [0.25, 0.3) is 0 Å². The van der Waals surface area contributed by atoms with Crippen molar-refractivity contribution < 1.29 is 17.9 Å². The molecule has 1 aliphatic heterocycles. The smallest absolute Gasteiger partial charge is 0.209 e. The number of ether oxygens (including phenoxy) is 1. The lowest BCUT2D eigenvalue weighted by molar-refractivity contribution is 0.0917. The van der Waals surface area contributed by atoms with Gasteiger partial charge in [0.1, 0.15) is 5.00 Å². The number of thiophene rings is 1. The lowest BCUT2D eigenvalue weighted by Crippen LogP contribution is -2.36. The normalized spacial score (nSPS) is 19.7. The largest absolute Gasteiger partial charge is 0.378 e. The van der Waals surface area contributed by atoms with E-state index in [9.17, 15) is 13.2 Å². The van der Waals surface area contributed by atoms with Gasteiger partial charge >= 0.3 is 0 Å². The number of nitrogens with one attached hydrogen (secondary N) is 1. The monoisotopic (exact) mass is 396 g/mol. The zero-order chi connectivity index (χ0) is 18.9.